The molecule has 10 atom stereocenters. The molecule has 0 aromatic rings. The summed E-state index contributed by atoms with van der Waals surface area (Å²) in [6.07, 6.45) is 10.5. The highest BCUT2D eigenvalue weighted by Gasteiger charge is 2.71. The van der Waals surface area contributed by atoms with Crippen LogP contribution < -0.4 is 0 Å². The fourth-order valence-corrected chi connectivity index (χ4v) is 11.5. The maximum Gasteiger partial charge on any atom is 0.309 e. The van der Waals surface area contributed by atoms with Gasteiger partial charge in [0.1, 0.15) is 0 Å². The molecule has 0 spiro atoms. The van der Waals surface area contributed by atoms with Crippen LogP contribution in [0.4, 0.5) is 0 Å². The second-order valence-corrected chi connectivity index (χ2v) is 14.5. The summed E-state index contributed by atoms with van der Waals surface area (Å²) in [6, 6.07) is 0. The van der Waals surface area contributed by atoms with E-state index in [1.165, 1.54) is 31.3 Å². The van der Waals surface area contributed by atoms with Crippen LogP contribution in [0.3, 0.4) is 0 Å². The Morgan fingerprint density at radius 3 is 2.15 bits per heavy atom. The second-order valence-electron chi connectivity index (χ2n) is 14.5. The summed E-state index contributed by atoms with van der Waals surface area (Å²) in [6.45, 7) is 18.8. The molecule has 0 bridgehead atoms. The zero-order valence-electron chi connectivity index (χ0n) is 22.0. The number of aliphatic hydroxyl groups is 1. The number of carbonyl (C=O) groups is 1. The highest BCUT2D eigenvalue weighted by molar-refractivity contribution is 5.76. The first-order valence-electron chi connectivity index (χ1n) is 13.8. The molecule has 0 radical (unpaired) electrons. The minimum atomic E-state index is -0.538. The Labute approximate surface area is 201 Å². The lowest BCUT2D eigenvalue weighted by atomic mass is 9.32. The number of carboxylic acid groups (broad SMARTS) is 1. The van der Waals surface area contributed by atoms with Gasteiger partial charge in [-0.25, -0.2) is 0 Å². The number of allylic oxidation sites excluding steroid dienone is 1. The number of rotatable bonds is 2. The summed E-state index contributed by atoms with van der Waals surface area (Å²) in [5.41, 5.74) is 1.35. The Hall–Kier alpha value is -0.830. The molecule has 0 aromatic carbocycles. The van der Waals surface area contributed by atoms with Crippen molar-refractivity contribution in [3.8, 4) is 0 Å². The summed E-state index contributed by atoms with van der Waals surface area (Å²) < 4.78 is 0. The maximum atomic E-state index is 12.8. The zero-order chi connectivity index (χ0) is 24.2. The van der Waals surface area contributed by atoms with Gasteiger partial charge in [0.15, 0.2) is 0 Å². The van der Waals surface area contributed by atoms with Gasteiger partial charge in [-0.2, -0.15) is 0 Å². The number of hydrogen-bond acceptors (Lipinski definition) is 2. The zero-order valence-corrected chi connectivity index (χ0v) is 22.0. The predicted octanol–water partition coefficient (Wildman–Crippen LogP) is 7.09. The summed E-state index contributed by atoms with van der Waals surface area (Å²) in [7, 11) is 0. The van der Waals surface area contributed by atoms with E-state index >= 15 is 0 Å². The van der Waals surface area contributed by atoms with Crippen LogP contribution in [0.5, 0.6) is 0 Å². The van der Waals surface area contributed by atoms with Crippen molar-refractivity contribution in [3.63, 3.8) is 0 Å². The standard InChI is InChI=1S/C30H48O3/c1-18(2)19-10-15-30(25(32)33)17-16-28(6)20(24(19)30)8-9-22-27(5)13-12-23(31)26(3,4)21(27)11-14-29(22,28)7/h19-24,31H,1,8-17H2,2-7H3,(H,32,33)/t19?,20?,21?,22-,23+,24?,27+,28-,29-,30+/m1/s1. The van der Waals surface area contributed by atoms with Crippen LogP contribution >= 0.6 is 0 Å². The van der Waals surface area contributed by atoms with Gasteiger partial charge in [0.2, 0.25) is 0 Å². The summed E-state index contributed by atoms with van der Waals surface area (Å²) in [5.74, 6) is 1.79. The van der Waals surface area contributed by atoms with E-state index in [0.29, 0.717) is 23.7 Å². The Bertz CT molecular complexity index is 861. The number of aliphatic carboxylic acids is 1. The lowest BCUT2D eigenvalue weighted by Gasteiger charge is -2.72. The Kier molecular flexibility index (Phi) is 5.15. The minimum Gasteiger partial charge on any atom is -0.481 e. The van der Waals surface area contributed by atoms with Gasteiger partial charge in [-0.05, 0) is 122 Å². The first kappa shape index (κ1) is 23.9. The van der Waals surface area contributed by atoms with E-state index in [1.807, 2.05) is 0 Å². The molecule has 5 aliphatic carbocycles. The lowest BCUT2D eigenvalue weighted by Crippen LogP contribution is -2.67. The average Bonchev–Trinajstić information content (AvgIpc) is 3.13. The molecule has 5 saturated carbocycles. The molecule has 0 amide bonds. The van der Waals surface area contributed by atoms with E-state index in [-0.39, 0.29) is 33.7 Å². The van der Waals surface area contributed by atoms with Crippen LogP contribution in [-0.4, -0.2) is 22.3 Å². The molecule has 2 N–H and O–H groups in total. The van der Waals surface area contributed by atoms with Gasteiger partial charge < -0.3 is 10.2 Å². The molecule has 0 aromatic heterocycles. The van der Waals surface area contributed by atoms with Crippen LogP contribution in [0.2, 0.25) is 0 Å². The summed E-state index contributed by atoms with van der Waals surface area (Å²) in [5, 5.41) is 21.4. The van der Waals surface area contributed by atoms with E-state index in [1.54, 1.807) is 0 Å². The Balaban J connectivity index is 1.57. The van der Waals surface area contributed by atoms with E-state index in [4.69, 9.17) is 0 Å². The summed E-state index contributed by atoms with van der Waals surface area (Å²) >= 11 is 0. The normalized spacial score (nSPS) is 55.0. The van der Waals surface area contributed by atoms with Gasteiger partial charge in [-0.15, -0.1) is 0 Å². The maximum absolute atomic E-state index is 12.8. The average molecular weight is 457 g/mol. The van der Waals surface area contributed by atoms with Crippen LogP contribution in [0.25, 0.3) is 0 Å². The highest BCUT2D eigenvalue weighted by Crippen LogP contribution is 2.77. The van der Waals surface area contributed by atoms with Crippen molar-refractivity contribution in [1.82, 2.24) is 0 Å². The first-order chi connectivity index (χ1) is 15.3. The van der Waals surface area contributed by atoms with Crippen molar-refractivity contribution in [1.29, 1.82) is 0 Å². The van der Waals surface area contributed by atoms with Gasteiger partial charge in [-0.3, -0.25) is 4.79 Å². The third-order valence-corrected chi connectivity index (χ3v) is 13.5. The smallest absolute Gasteiger partial charge is 0.309 e. The van der Waals surface area contributed by atoms with Crippen molar-refractivity contribution in [3.05, 3.63) is 12.2 Å². The molecule has 5 aliphatic rings. The molecule has 3 heteroatoms. The van der Waals surface area contributed by atoms with E-state index in [0.717, 1.165) is 38.5 Å². The number of hydrogen-bond donors (Lipinski definition) is 2. The van der Waals surface area contributed by atoms with Gasteiger partial charge in [-0.1, -0.05) is 46.8 Å². The van der Waals surface area contributed by atoms with Crippen LogP contribution in [0.15, 0.2) is 12.2 Å². The monoisotopic (exact) mass is 456 g/mol. The SMILES string of the molecule is C=C(C)C1CC[C@]2(C(=O)O)CC[C@]3(C)C(CC[C@@H]4[C@@]5(C)CC[C@H](O)C(C)(C)C5CC[C@]43C)C12. The lowest BCUT2D eigenvalue weighted by molar-refractivity contribution is -0.248. The van der Waals surface area contributed by atoms with Gasteiger partial charge >= 0.3 is 5.97 Å². The van der Waals surface area contributed by atoms with Gasteiger partial charge in [0.05, 0.1) is 11.5 Å². The first-order valence-corrected chi connectivity index (χ1v) is 13.8. The van der Waals surface area contributed by atoms with E-state index in [9.17, 15) is 15.0 Å². The third-order valence-electron chi connectivity index (χ3n) is 13.5. The van der Waals surface area contributed by atoms with E-state index < -0.39 is 11.4 Å². The number of fused-ring (bicyclic) bond motifs is 7. The molecule has 186 valence electrons. The topological polar surface area (TPSA) is 57.5 Å². The molecule has 33 heavy (non-hydrogen) atoms. The predicted molar refractivity (Wildman–Crippen MR) is 133 cm³/mol. The van der Waals surface area contributed by atoms with Crippen molar-refractivity contribution < 1.29 is 15.0 Å². The fourth-order valence-electron chi connectivity index (χ4n) is 11.5. The van der Waals surface area contributed by atoms with E-state index in [2.05, 4.69) is 48.1 Å². The molecule has 3 nitrogen and oxygen atoms in total. The van der Waals surface area contributed by atoms with Gasteiger partial charge in [0.25, 0.3) is 0 Å². The van der Waals surface area contributed by atoms with Crippen molar-refractivity contribution in [2.45, 2.75) is 112 Å². The molecular weight excluding hydrogens is 408 g/mol. The van der Waals surface area contributed by atoms with Crippen LogP contribution in [0.1, 0.15) is 106 Å². The molecule has 0 heterocycles. The Morgan fingerprint density at radius 1 is 0.818 bits per heavy atom. The molecular formula is C30H48O3. The molecule has 0 aliphatic heterocycles. The fraction of sp³-hybridized carbons (Fsp3) is 0.900. The molecule has 5 fully saturated rings. The quantitative estimate of drug-likeness (QED) is 0.436. The van der Waals surface area contributed by atoms with Crippen molar-refractivity contribution in [2.75, 3.05) is 0 Å². The minimum absolute atomic E-state index is 0.0202. The Morgan fingerprint density at radius 2 is 1.52 bits per heavy atom. The van der Waals surface area contributed by atoms with Crippen LogP contribution in [0, 0.1) is 56.7 Å². The molecule has 0 saturated heterocycles. The number of aliphatic hydroxyl groups excluding tert-OH is 1. The third kappa shape index (κ3) is 2.75. The van der Waals surface area contributed by atoms with Gasteiger partial charge in [0, 0.05) is 0 Å². The largest absolute Gasteiger partial charge is 0.481 e. The summed E-state index contributed by atoms with van der Waals surface area (Å²) in [4.78, 5) is 12.8. The van der Waals surface area contributed by atoms with Crippen molar-refractivity contribution >= 4 is 5.97 Å². The molecule has 5 rings (SSSR count). The highest BCUT2D eigenvalue weighted by atomic mass is 16.4. The van der Waals surface area contributed by atoms with Crippen molar-refractivity contribution in [2.24, 2.45) is 56.7 Å². The molecule has 4 unspecified atom stereocenters. The van der Waals surface area contributed by atoms with Crippen LogP contribution in [-0.2, 0) is 4.79 Å². The number of carboxylic acids is 1. The second kappa shape index (κ2) is 7.11.